The van der Waals surface area contributed by atoms with E-state index in [-0.39, 0.29) is 12.1 Å². The van der Waals surface area contributed by atoms with E-state index in [1.165, 1.54) is 11.1 Å². The minimum atomic E-state index is -0.339. The van der Waals surface area contributed by atoms with Crippen molar-refractivity contribution in [1.82, 2.24) is 29.5 Å². The molecule has 0 radical (unpaired) electrons. The SMILES string of the molecule is O[C@@H]1C[C@@H](c2nnc3n2CCN(Cc2ccc4c(c2)CCO4)C3)N(Cc2cccnc2)C1. The van der Waals surface area contributed by atoms with Gasteiger partial charge in [-0.2, -0.15) is 0 Å². The lowest BCUT2D eigenvalue weighted by molar-refractivity contribution is 0.171. The normalized spacial score (nSPS) is 23.2. The van der Waals surface area contributed by atoms with E-state index in [0.717, 1.165) is 68.7 Å². The molecule has 8 nitrogen and oxygen atoms in total. The Morgan fingerprint density at radius 2 is 2.06 bits per heavy atom. The summed E-state index contributed by atoms with van der Waals surface area (Å²) in [6.07, 6.45) is 5.04. The molecule has 1 aromatic carbocycles. The van der Waals surface area contributed by atoms with Crippen LogP contribution in [0.2, 0.25) is 0 Å². The highest BCUT2D eigenvalue weighted by Crippen LogP contribution is 2.34. The fourth-order valence-electron chi connectivity index (χ4n) is 5.26. The molecule has 6 rings (SSSR count). The maximum absolute atomic E-state index is 10.4. The molecule has 1 fully saturated rings. The monoisotopic (exact) mass is 432 g/mol. The Bertz CT molecular complexity index is 1100. The van der Waals surface area contributed by atoms with Gasteiger partial charge in [0.05, 0.1) is 25.3 Å². The molecule has 0 bridgehead atoms. The average molecular weight is 433 g/mol. The zero-order chi connectivity index (χ0) is 21.5. The summed E-state index contributed by atoms with van der Waals surface area (Å²) in [5.74, 6) is 3.03. The van der Waals surface area contributed by atoms with Crippen LogP contribution >= 0.6 is 0 Å². The lowest BCUT2D eigenvalue weighted by Crippen LogP contribution is -2.35. The first-order valence-electron chi connectivity index (χ1n) is 11.4. The molecule has 0 unspecified atom stereocenters. The van der Waals surface area contributed by atoms with Gasteiger partial charge in [-0.25, -0.2) is 0 Å². The molecular formula is C24H28N6O2. The van der Waals surface area contributed by atoms with Crippen LogP contribution in [-0.2, 0) is 32.6 Å². The number of rotatable bonds is 5. The van der Waals surface area contributed by atoms with E-state index < -0.39 is 0 Å². The third-order valence-corrected chi connectivity index (χ3v) is 6.81. The zero-order valence-electron chi connectivity index (χ0n) is 18.1. The number of fused-ring (bicyclic) bond motifs is 2. The molecule has 0 saturated carbocycles. The summed E-state index contributed by atoms with van der Waals surface area (Å²) in [7, 11) is 0. The number of hydrogen-bond acceptors (Lipinski definition) is 7. The highest BCUT2D eigenvalue weighted by atomic mass is 16.5. The molecule has 1 N–H and O–H groups in total. The molecule has 3 aliphatic rings. The second-order valence-corrected chi connectivity index (χ2v) is 9.07. The van der Waals surface area contributed by atoms with Crippen LogP contribution in [0.3, 0.4) is 0 Å². The first-order chi connectivity index (χ1) is 15.7. The Morgan fingerprint density at radius 1 is 1.09 bits per heavy atom. The van der Waals surface area contributed by atoms with E-state index in [0.29, 0.717) is 13.0 Å². The van der Waals surface area contributed by atoms with Gasteiger partial charge in [0.1, 0.15) is 11.6 Å². The number of aromatic nitrogens is 4. The van der Waals surface area contributed by atoms with E-state index in [1.54, 1.807) is 6.20 Å². The Balaban J connectivity index is 1.17. The van der Waals surface area contributed by atoms with Crippen LogP contribution in [0.25, 0.3) is 0 Å². The zero-order valence-corrected chi connectivity index (χ0v) is 18.1. The first kappa shape index (κ1) is 19.8. The molecule has 8 heteroatoms. The number of nitrogens with zero attached hydrogens (tertiary/aromatic N) is 6. The van der Waals surface area contributed by atoms with Crippen molar-refractivity contribution in [3.05, 3.63) is 71.1 Å². The summed E-state index contributed by atoms with van der Waals surface area (Å²) in [4.78, 5) is 8.97. The fraction of sp³-hybridized carbons (Fsp3) is 0.458. The summed E-state index contributed by atoms with van der Waals surface area (Å²) in [6, 6.07) is 10.7. The molecule has 32 heavy (non-hydrogen) atoms. The van der Waals surface area contributed by atoms with E-state index in [1.807, 2.05) is 12.3 Å². The van der Waals surface area contributed by atoms with Crippen LogP contribution in [0.5, 0.6) is 5.75 Å². The molecule has 0 amide bonds. The van der Waals surface area contributed by atoms with Gasteiger partial charge in [0, 0.05) is 51.5 Å². The van der Waals surface area contributed by atoms with Crippen molar-refractivity contribution >= 4 is 0 Å². The molecule has 5 heterocycles. The number of benzene rings is 1. The predicted molar refractivity (Wildman–Crippen MR) is 118 cm³/mol. The summed E-state index contributed by atoms with van der Waals surface area (Å²) < 4.78 is 7.90. The van der Waals surface area contributed by atoms with Crippen molar-refractivity contribution in [2.75, 3.05) is 19.7 Å². The van der Waals surface area contributed by atoms with Gasteiger partial charge in [0.2, 0.25) is 0 Å². The third kappa shape index (κ3) is 3.79. The predicted octanol–water partition coefficient (Wildman–Crippen LogP) is 1.93. The largest absolute Gasteiger partial charge is 0.493 e. The minimum Gasteiger partial charge on any atom is -0.493 e. The number of likely N-dealkylation sites (tertiary alicyclic amines) is 1. The van der Waals surface area contributed by atoms with Gasteiger partial charge in [-0.3, -0.25) is 14.8 Å². The maximum atomic E-state index is 10.4. The molecule has 2 atom stereocenters. The first-order valence-corrected chi connectivity index (χ1v) is 11.4. The fourth-order valence-corrected chi connectivity index (χ4v) is 5.26. The molecular weight excluding hydrogens is 404 g/mol. The number of aliphatic hydroxyl groups excluding tert-OH is 1. The quantitative estimate of drug-likeness (QED) is 0.660. The molecule has 0 spiro atoms. The van der Waals surface area contributed by atoms with Gasteiger partial charge in [-0.15, -0.1) is 10.2 Å². The number of aliphatic hydroxyl groups is 1. The molecule has 0 aliphatic carbocycles. The van der Waals surface area contributed by atoms with Crippen molar-refractivity contribution in [2.45, 2.75) is 51.2 Å². The number of pyridine rings is 1. The Hall–Kier alpha value is -2.81. The minimum absolute atomic E-state index is 0.0784. The van der Waals surface area contributed by atoms with Gasteiger partial charge < -0.3 is 14.4 Å². The topological polar surface area (TPSA) is 79.5 Å². The van der Waals surface area contributed by atoms with Gasteiger partial charge >= 0.3 is 0 Å². The summed E-state index contributed by atoms with van der Waals surface area (Å²) in [5.41, 5.74) is 3.79. The average Bonchev–Trinajstić information content (AvgIpc) is 3.52. The summed E-state index contributed by atoms with van der Waals surface area (Å²) in [5, 5.41) is 19.5. The number of hydrogen-bond donors (Lipinski definition) is 1. The van der Waals surface area contributed by atoms with E-state index >= 15 is 0 Å². The van der Waals surface area contributed by atoms with Gasteiger partial charge in [0.25, 0.3) is 0 Å². The van der Waals surface area contributed by atoms with Crippen molar-refractivity contribution in [3.8, 4) is 5.75 Å². The molecule has 3 aliphatic heterocycles. The number of β-amino-alcohol motifs (C(OH)–C–C–N with tert-alkyl or cyclic N) is 1. The van der Waals surface area contributed by atoms with Crippen molar-refractivity contribution in [1.29, 1.82) is 0 Å². The number of ether oxygens (including phenoxy) is 1. The second-order valence-electron chi connectivity index (χ2n) is 9.07. The van der Waals surface area contributed by atoms with Crippen LogP contribution in [-0.4, -0.2) is 60.5 Å². The van der Waals surface area contributed by atoms with Gasteiger partial charge in [0.15, 0.2) is 5.82 Å². The highest BCUT2D eigenvalue weighted by molar-refractivity contribution is 5.39. The maximum Gasteiger partial charge on any atom is 0.150 e. The Kier molecular flexibility index (Phi) is 5.13. The van der Waals surface area contributed by atoms with Crippen molar-refractivity contribution < 1.29 is 9.84 Å². The van der Waals surface area contributed by atoms with Crippen LogP contribution in [0.15, 0.2) is 42.7 Å². The van der Waals surface area contributed by atoms with Crippen molar-refractivity contribution in [2.24, 2.45) is 0 Å². The molecule has 1 saturated heterocycles. The van der Waals surface area contributed by atoms with Crippen LogP contribution in [0.1, 0.15) is 40.8 Å². The highest BCUT2D eigenvalue weighted by Gasteiger charge is 2.36. The standard InChI is InChI=1S/C24H28N6O2/c31-20-11-21(29(15-20)14-18-2-1-6-25-12-18)24-27-26-23-16-28(7-8-30(23)24)13-17-3-4-22-19(10-17)5-9-32-22/h1-4,6,10,12,20-21,31H,5,7-9,11,13-16H2/t20-,21+/m1/s1. The van der Waals surface area contributed by atoms with Crippen molar-refractivity contribution in [3.63, 3.8) is 0 Å². The van der Waals surface area contributed by atoms with Crippen LogP contribution in [0.4, 0.5) is 0 Å². The Morgan fingerprint density at radius 3 is 2.97 bits per heavy atom. The van der Waals surface area contributed by atoms with Gasteiger partial charge in [-0.05, 0) is 35.2 Å². The van der Waals surface area contributed by atoms with Crippen LogP contribution < -0.4 is 4.74 Å². The molecule has 166 valence electrons. The third-order valence-electron chi connectivity index (χ3n) is 6.81. The lowest BCUT2D eigenvalue weighted by atomic mass is 10.1. The Labute approximate surface area is 187 Å². The summed E-state index contributed by atoms with van der Waals surface area (Å²) >= 11 is 0. The molecule has 3 aromatic rings. The van der Waals surface area contributed by atoms with E-state index in [9.17, 15) is 5.11 Å². The van der Waals surface area contributed by atoms with Gasteiger partial charge in [-0.1, -0.05) is 18.2 Å². The smallest absolute Gasteiger partial charge is 0.150 e. The lowest BCUT2D eigenvalue weighted by Gasteiger charge is -2.30. The van der Waals surface area contributed by atoms with E-state index in [2.05, 4.69) is 53.8 Å². The second kappa shape index (κ2) is 8.27. The van der Waals surface area contributed by atoms with Crippen LogP contribution in [0, 0.1) is 0 Å². The van der Waals surface area contributed by atoms with E-state index in [4.69, 9.17) is 4.74 Å². The molecule has 2 aromatic heterocycles. The summed E-state index contributed by atoms with van der Waals surface area (Å²) in [6.45, 7) is 5.73.